The molecule has 0 aromatic heterocycles. The normalized spacial score (nSPS) is 20.9. The van der Waals surface area contributed by atoms with E-state index in [0.29, 0.717) is 35.5 Å². The van der Waals surface area contributed by atoms with Crippen molar-refractivity contribution in [3.8, 4) is 0 Å². The van der Waals surface area contributed by atoms with Gasteiger partial charge in [-0.25, -0.2) is 4.79 Å². The van der Waals surface area contributed by atoms with E-state index in [4.69, 9.17) is 23.2 Å². The molecule has 1 aromatic carbocycles. The number of hydrogen-bond donors (Lipinski definition) is 2. The fourth-order valence-corrected chi connectivity index (χ4v) is 4.13. The van der Waals surface area contributed by atoms with E-state index in [-0.39, 0.29) is 18.2 Å². The molecule has 0 aliphatic carbocycles. The monoisotopic (exact) mass is 397 g/mol. The van der Waals surface area contributed by atoms with Gasteiger partial charge in [0.25, 0.3) is 5.91 Å². The summed E-state index contributed by atoms with van der Waals surface area (Å²) in [5.74, 6) is -0.0248. The Labute approximate surface area is 162 Å². The highest BCUT2D eigenvalue weighted by molar-refractivity contribution is 6.35. The maximum Gasteiger partial charge on any atom is 0.322 e. The number of carbonyl (C=O) groups is 3. The zero-order chi connectivity index (χ0) is 18.8. The van der Waals surface area contributed by atoms with Gasteiger partial charge in [-0.15, -0.1) is 0 Å². The van der Waals surface area contributed by atoms with Crippen LogP contribution in [-0.4, -0.2) is 41.9 Å². The third-order valence-electron chi connectivity index (χ3n) is 5.14. The number of nitrogens with one attached hydrogen (secondary N) is 2. The third-order valence-corrected chi connectivity index (χ3v) is 5.75. The number of benzene rings is 1. The molecular weight excluding hydrogens is 377 g/mol. The molecule has 140 valence electrons. The van der Waals surface area contributed by atoms with Gasteiger partial charge in [-0.1, -0.05) is 23.2 Å². The number of likely N-dealkylation sites (tertiary alicyclic amines) is 1. The largest absolute Gasteiger partial charge is 0.343 e. The second kappa shape index (κ2) is 7.84. The van der Waals surface area contributed by atoms with Crippen molar-refractivity contribution in [2.75, 3.05) is 13.1 Å². The Hall–Kier alpha value is -1.79. The van der Waals surface area contributed by atoms with Crippen LogP contribution in [0.5, 0.6) is 0 Å². The second-order valence-corrected chi connectivity index (χ2v) is 7.65. The number of piperidine rings is 1. The van der Waals surface area contributed by atoms with E-state index in [1.165, 1.54) is 0 Å². The molecule has 0 bridgehead atoms. The summed E-state index contributed by atoms with van der Waals surface area (Å²) < 4.78 is 0. The van der Waals surface area contributed by atoms with Crippen molar-refractivity contribution >= 4 is 41.0 Å². The van der Waals surface area contributed by atoms with Gasteiger partial charge in [0.1, 0.15) is 6.04 Å². The van der Waals surface area contributed by atoms with Crippen LogP contribution in [0.3, 0.4) is 0 Å². The van der Waals surface area contributed by atoms with Crippen molar-refractivity contribution in [3.63, 3.8) is 0 Å². The minimum absolute atomic E-state index is 0.0123. The molecule has 0 radical (unpaired) electrons. The van der Waals surface area contributed by atoms with Crippen molar-refractivity contribution in [3.05, 3.63) is 33.3 Å². The van der Waals surface area contributed by atoms with Crippen molar-refractivity contribution in [1.82, 2.24) is 15.5 Å². The van der Waals surface area contributed by atoms with Crippen molar-refractivity contribution in [1.29, 1.82) is 0 Å². The average molecular weight is 398 g/mol. The second-order valence-electron chi connectivity index (χ2n) is 6.81. The zero-order valence-electron chi connectivity index (χ0n) is 14.5. The molecule has 1 aromatic rings. The lowest BCUT2D eigenvalue weighted by atomic mass is 9.86. The van der Waals surface area contributed by atoms with Gasteiger partial charge in [-0.05, 0) is 55.4 Å². The first-order chi connectivity index (χ1) is 12.3. The fraction of sp³-hybridized carbons (Fsp3) is 0.500. The predicted octanol–water partition coefficient (Wildman–Crippen LogP) is 3.00. The lowest BCUT2D eigenvalue weighted by molar-refractivity contribution is -0.132. The standard InChI is InChI=1S/C18H21Cl2N3O3/c1-10-13(8-12(19)9-14(10)20)11-4-6-23(7-5-11)16(24)3-2-15-17(25)22-18(26)21-15/h8-9,11,15H,2-7H2,1H3,(H2,21,22,25,26)/t15-/m1/s1. The van der Waals surface area contributed by atoms with Gasteiger partial charge in [-0.2, -0.15) is 0 Å². The van der Waals surface area contributed by atoms with Gasteiger partial charge in [0.2, 0.25) is 5.91 Å². The molecule has 26 heavy (non-hydrogen) atoms. The van der Waals surface area contributed by atoms with Crippen LogP contribution in [0, 0.1) is 6.92 Å². The summed E-state index contributed by atoms with van der Waals surface area (Å²) in [5.41, 5.74) is 2.20. The highest BCUT2D eigenvalue weighted by Crippen LogP contribution is 2.35. The summed E-state index contributed by atoms with van der Waals surface area (Å²) in [6, 6.07) is 2.61. The Bertz CT molecular complexity index is 745. The zero-order valence-corrected chi connectivity index (χ0v) is 16.0. The third kappa shape index (κ3) is 4.13. The Morgan fingerprint density at radius 3 is 2.54 bits per heavy atom. The van der Waals surface area contributed by atoms with Crippen LogP contribution in [0.2, 0.25) is 10.0 Å². The first-order valence-corrected chi connectivity index (χ1v) is 9.45. The van der Waals surface area contributed by atoms with Crippen LogP contribution >= 0.6 is 23.2 Å². The Kier molecular flexibility index (Phi) is 5.73. The fourth-order valence-electron chi connectivity index (χ4n) is 3.62. The highest BCUT2D eigenvalue weighted by Gasteiger charge is 2.31. The average Bonchev–Trinajstić information content (AvgIpc) is 2.93. The van der Waals surface area contributed by atoms with Crippen LogP contribution in [-0.2, 0) is 9.59 Å². The Balaban J connectivity index is 1.53. The van der Waals surface area contributed by atoms with Crippen molar-refractivity contribution in [2.24, 2.45) is 0 Å². The van der Waals surface area contributed by atoms with Gasteiger partial charge in [0.05, 0.1) is 0 Å². The van der Waals surface area contributed by atoms with Gasteiger partial charge in [-0.3, -0.25) is 14.9 Å². The molecule has 2 aliphatic heterocycles. The summed E-state index contributed by atoms with van der Waals surface area (Å²) in [7, 11) is 0. The molecule has 2 saturated heterocycles. The van der Waals surface area contributed by atoms with E-state index >= 15 is 0 Å². The van der Waals surface area contributed by atoms with Crippen LogP contribution < -0.4 is 10.6 Å². The van der Waals surface area contributed by atoms with E-state index < -0.39 is 12.1 Å². The number of rotatable bonds is 4. The maximum absolute atomic E-state index is 12.4. The van der Waals surface area contributed by atoms with Gasteiger partial charge >= 0.3 is 6.03 Å². The van der Waals surface area contributed by atoms with E-state index in [1.807, 2.05) is 17.9 Å². The number of amides is 4. The molecule has 6 nitrogen and oxygen atoms in total. The molecule has 4 amide bonds. The number of imide groups is 1. The molecule has 2 N–H and O–H groups in total. The minimum atomic E-state index is -0.611. The molecule has 1 atom stereocenters. The lowest BCUT2D eigenvalue weighted by Crippen LogP contribution is -2.39. The van der Waals surface area contributed by atoms with Crippen LogP contribution in [0.4, 0.5) is 4.79 Å². The summed E-state index contributed by atoms with van der Waals surface area (Å²) in [6.07, 6.45) is 2.26. The molecule has 2 aliphatic rings. The summed E-state index contributed by atoms with van der Waals surface area (Å²) in [5, 5.41) is 5.98. The van der Waals surface area contributed by atoms with Gasteiger partial charge < -0.3 is 10.2 Å². The maximum atomic E-state index is 12.4. The number of hydrogen-bond acceptors (Lipinski definition) is 3. The first-order valence-electron chi connectivity index (χ1n) is 8.70. The van der Waals surface area contributed by atoms with E-state index in [0.717, 1.165) is 24.0 Å². The van der Waals surface area contributed by atoms with Crippen LogP contribution in [0.25, 0.3) is 0 Å². The smallest absolute Gasteiger partial charge is 0.322 e. The highest BCUT2D eigenvalue weighted by atomic mass is 35.5. The van der Waals surface area contributed by atoms with Crippen LogP contribution in [0.15, 0.2) is 12.1 Å². The van der Waals surface area contributed by atoms with Crippen LogP contribution in [0.1, 0.15) is 42.7 Å². The molecule has 3 rings (SSSR count). The molecular formula is C18H21Cl2N3O3. The number of carbonyl (C=O) groups excluding carboxylic acids is 3. The lowest BCUT2D eigenvalue weighted by Gasteiger charge is -2.33. The van der Waals surface area contributed by atoms with E-state index in [1.54, 1.807) is 6.07 Å². The molecule has 8 heteroatoms. The SMILES string of the molecule is Cc1c(Cl)cc(Cl)cc1C1CCN(C(=O)CC[C@H]2NC(=O)NC2=O)CC1. The van der Waals surface area contributed by atoms with Crippen molar-refractivity contribution < 1.29 is 14.4 Å². The summed E-state index contributed by atoms with van der Waals surface area (Å²) in [4.78, 5) is 36.8. The molecule has 0 saturated carbocycles. The topological polar surface area (TPSA) is 78.5 Å². The predicted molar refractivity (Wildman–Crippen MR) is 99.5 cm³/mol. The molecule has 0 unspecified atom stereocenters. The number of urea groups is 1. The summed E-state index contributed by atoms with van der Waals surface area (Å²) in [6.45, 7) is 3.32. The number of halogens is 2. The molecule has 2 fully saturated rings. The van der Waals surface area contributed by atoms with Crippen molar-refractivity contribution in [2.45, 2.75) is 44.6 Å². The molecule has 0 spiro atoms. The Morgan fingerprint density at radius 1 is 1.23 bits per heavy atom. The van der Waals surface area contributed by atoms with E-state index in [2.05, 4.69) is 10.6 Å². The Morgan fingerprint density at radius 2 is 1.92 bits per heavy atom. The summed E-state index contributed by atoms with van der Waals surface area (Å²) >= 11 is 12.4. The minimum Gasteiger partial charge on any atom is -0.343 e. The van der Waals surface area contributed by atoms with E-state index in [9.17, 15) is 14.4 Å². The molecule has 2 heterocycles. The van der Waals surface area contributed by atoms with Gasteiger partial charge in [0, 0.05) is 29.6 Å². The van der Waals surface area contributed by atoms with Gasteiger partial charge in [0.15, 0.2) is 0 Å². The number of nitrogens with zero attached hydrogens (tertiary/aromatic N) is 1. The quantitative estimate of drug-likeness (QED) is 0.766. The first kappa shape index (κ1) is 19.0.